The molecule has 0 bridgehead atoms. The average molecular weight is 329 g/mol. The number of nitriles is 1. The Morgan fingerprint density at radius 2 is 1.83 bits per heavy atom. The smallest absolute Gasteiger partial charge is 0.316 e. The highest BCUT2D eigenvalue weighted by atomic mass is 19.4. The first kappa shape index (κ1) is 16.1. The molecule has 3 rings (SSSR count). The maximum atomic E-state index is 13.4. The van der Waals surface area contributed by atoms with E-state index < -0.39 is 12.0 Å². The minimum atomic E-state index is -4.55. The van der Waals surface area contributed by atoms with Crippen LogP contribution in [0, 0.1) is 25.2 Å². The van der Waals surface area contributed by atoms with Gasteiger partial charge in [-0.2, -0.15) is 18.4 Å². The Bertz CT molecular complexity index is 962. The summed E-state index contributed by atoms with van der Waals surface area (Å²) < 4.78 is 41.4. The summed E-state index contributed by atoms with van der Waals surface area (Å²) in [5.41, 5.74) is 3.60. The summed E-state index contributed by atoms with van der Waals surface area (Å²) in [6, 6.07) is 12.0. The van der Waals surface area contributed by atoms with E-state index in [0.29, 0.717) is 22.2 Å². The van der Waals surface area contributed by atoms with Gasteiger partial charge in [-0.05, 0) is 54.8 Å². The first-order valence-corrected chi connectivity index (χ1v) is 7.33. The van der Waals surface area contributed by atoms with Gasteiger partial charge in [0.25, 0.3) is 0 Å². The van der Waals surface area contributed by atoms with Crippen LogP contribution in [0.1, 0.15) is 28.1 Å². The highest BCUT2D eigenvalue weighted by molar-refractivity contribution is 5.78. The molecule has 0 aliphatic heterocycles. The van der Waals surface area contributed by atoms with E-state index in [2.05, 4.69) is 4.98 Å². The minimum absolute atomic E-state index is 0.00334. The molecule has 0 radical (unpaired) electrons. The van der Waals surface area contributed by atoms with Crippen molar-refractivity contribution in [1.82, 2.24) is 9.55 Å². The number of benzene rings is 2. The SMILES string of the molecule is Cc1cc2nc(C(F)(F)F)n(Cc3cccc(C#N)c3)c2cc1C. The van der Waals surface area contributed by atoms with Crippen LogP contribution in [0.3, 0.4) is 0 Å². The summed E-state index contributed by atoms with van der Waals surface area (Å²) in [4.78, 5) is 3.80. The van der Waals surface area contributed by atoms with E-state index in [0.717, 1.165) is 15.7 Å². The number of hydrogen-bond acceptors (Lipinski definition) is 2. The number of fused-ring (bicyclic) bond motifs is 1. The van der Waals surface area contributed by atoms with Gasteiger partial charge in [0.05, 0.1) is 22.7 Å². The Morgan fingerprint density at radius 1 is 1.12 bits per heavy atom. The van der Waals surface area contributed by atoms with Crippen LogP contribution >= 0.6 is 0 Å². The number of rotatable bonds is 2. The molecule has 0 saturated heterocycles. The number of halogens is 3. The predicted molar refractivity (Wildman–Crippen MR) is 84.5 cm³/mol. The Kier molecular flexibility index (Phi) is 3.80. The van der Waals surface area contributed by atoms with Crippen molar-refractivity contribution in [3.63, 3.8) is 0 Å². The van der Waals surface area contributed by atoms with Crippen molar-refractivity contribution in [1.29, 1.82) is 5.26 Å². The fourth-order valence-corrected chi connectivity index (χ4v) is 2.68. The normalized spacial score (nSPS) is 11.7. The zero-order valence-corrected chi connectivity index (χ0v) is 13.1. The maximum absolute atomic E-state index is 13.4. The Hall–Kier alpha value is -2.81. The van der Waals surface area contributed by atoms with Crippen LogP contribution in [0.25, 0.3) is 11.0 Å². The van der Waals surface area contributed by atoms with Gasteiger partial charge in [-0.3, -0.25) is 0 Å². The summed E-state index contributed by atoms with van der Waals surface area (Å²) >= 11 is 0. The number of alkyl halides is 3. The molecule has 0 saturated carbocycles. The summed E-state index contributed by atoms with van der Waals surface area (Å²) in [5.74, 6) is -0.926. The molecule has 6 heteroatoms. The molecule has 1 aromatic heterocycles. The van der Waals surface area contributed by atoms with Gasteiger partial charge in [0.1, 0.15) is 0 Å². The van der Waals surface area contributed by atoms with E-state index in [1.807, 2.05) is 19.9 Å². The Morgan fingerprint density at radius 3 is 2.50 bits per heavy atom. The van der Waals surface area contributed by atoms with E-state index in [1.54, 1.807) is 36.4 Å². The molecule has 122 valence electrons. The van der Waals surface area contributed by atoms with Crippen LogP contribution in [-0.2, 0) is 12.7 Å². The number of hydrogen-bond donors (Lipinski definition) is 0. The second-order valence-electron chi connectivity index (χ2n) is 5.76. The van der Waals surface area contributed by atoms with Crippen LogP contribution in [-0.4, -0.2) is 9.55 Å². The molecule has 0 unspecified atom stereocenters. The van der Waals surface area contributed by atoms with Crippen LogP contribution in [0.4, 0.5) is 13.2 Å². The summed E-state index contributed by atoms with van der Waals surface area (Å²) in [5, 5.41) is 8.96. The minimum Gasteiger partial charge on any atom is -0.316 e. The first-order chi connectivity index (χ1) is 11.3. The zero-order chi connectivity index (χ0) is 17.5. The van der Waals surface area contributed by atoms with Crippen molar-refractivity contribution in [3.8, 4) is 6.07 Å². The van der Waals surface area contributed by atoms with Gasteiger partial charge >= 0.3 is 6.18 Å². The molecular weight excluding hydrogens is 315 g/mol. The molecule has 3 aromatic rings. The fourth-order valence-electron chi connectivity index (χ4n) is 2.68. The third-order valence-electron chi connectivity index (χ3n) is 4.01. The number of imidazole rings is 1. The molecule has 3 nitrogen and oxygen atoms in total. The second kappa shape index (κ2) is 5.68. The summed E-state index contributed by atoms with van der Waals surface area (Å²) in [7, 11) is 0. The van der Waals surface area contributed by atoms with E-state index in [1.165, 1.54) is 0 Å². The topological polar surface area (TPSA) is 41.6 Å². The largest absolute Gasteiger partial charge is 0.449 e. The molecule has 0 spiro atoms. The van der Waals surface area contributed by atoms with Crippen LogP contribution in [0.5, 0.6) is 0 Å². The Labute approximate surface area is 137 Å². The highest BCUT2D eigenvalue weighted by Crippen LogP contribution is 2.33. The first-order valence-electron chi connectivity index (χ1n) is 7.33. The third kappa shape index (κ3) is 2.85. The lowest BCUT2D eigenvalue weighted by atomic mass is 10.1. The zero-order valence-electron chi connectivity index (χ0n) is 13.1. The maximum Gasteiger partial charge on any atom is 0.449 e. The second-order valence-corrected chi connectivity index (χ2v) is 5.76. The monoisotopic (exact) mass is 329 g/mol. The lowest BCUT2D eigenvalue weighted by Gasteiger charge is -2.12. The molecule has 0 fully saturated rings. The third-order valence-corrected chi connectivity index (χ3v) is 4.01. The molecule has 0 atom stereocenters. The lowest BCUT2D eigenvalue weighted by molar-refractivity contribution is -0.146. The Balaban J connectivity index is 2.20. The van der Waals surface area contributed by atoms with Crippen molar-refractivity contribution in [2.24, 2.45) is 0 Å². The fraction of sp³-hybridized carbons (Fsp3) is 0.222. The standard InChI is InChI=1S/C18H14F3N3/c1-11-6-15-16(7-12(11)2)24(17(23-15)18(19,20)21)10-14-5-3-4-13(8-14)9-22/h3-8H,10H2,1-2H3. The van der Waals surface area contributed by atoms with Gasteiger partial charge in [0.15, 0.2) is 0 Å². The van der Waals surface area contributed by atoms with Crippen molar-refractivity contribution in [3.05, 3.63) is 64.5 Å². The van der Waals surface area contributed by atoms with E-state index in [-0.39, 0.29) is 6.54 Å². The molecule has 24 heavy (non-hydrogen) atoms. The molecule has 0 aliphatic rings. The van der Waals surface area contributed by atoms with Crippen molar-refractivity contribution < 1.29 is 13.2 Å². The molecule has 0 amide bonds. The van der Waals surface area contributed by atoms with E-state index in [9.17, 15) is 13.2 Å². The molecule has 0 aliphatic carbocycles. The number of nitrogens with zero attached hydrogens (tertiary/aromatic N) is 3. The van der Waals surface area contributed by atoms with Gasteiger partial charge in [-0.1, -0.05) is 12.1 Å². The van der Waals surface area contributed by atoms with Gasteiger partial charge in [-0.15, -0.1) is 0 Å². The van der Waals surface area contributed by atoms with Gasteiger partial charge in [0.2, 0.25) is 5.82 Å². The van der Waals surface area contributed by atoms with Crippen LogP contribution in [0.15, 0.2) is 36.4 Å². The van der Waals surface area contributed by atoms with Gasteiger partial charge in [-0.25, -0.2) is 4.98 Å². The summed E-state index contributed by atoms with van der Waals surface area (Å²) in [6.07, 6.45) is -4.55. The molecule has 2 aromatic carbocycles. The number of aryl methyl sites for hydroxylation is 2. The summed E-state index contributed by atoms with van der Waals surface area (Å²) in [6.45, 7) is 3.70. The average Bonchev–Trinajstić information content (AvgIpc) is 2.86. The number of aromatic nitrogens is 2. The predicted octanol–water partition coefficient (Wildman–Crippen LogP) is 4.59. The molecule has 0 N–H and O–H groups in total. The van der Waals surface area contributed by atoms with Crippen LogP contribution in [0.2, 0.25) is 0 Å². The van der Waals surface area contributed by atoms with Crippen molar-refractivity contribution >= 4 is 11.0 Å². The molecule has 1 heterocycles. The van der Waals surface area contributed by atoms with Crippen LogP contribution < -0.4 is 0 Å². The van der Waals surface area contributed by atoms with Crippen molar-refractivity contribution in [2.75, 3.05) is 0 Å². The van der Waals surface area contributed by atoms with E-state index in [4.69, 9.17) is 5.26 Å². The quantitative estimate of drug-likeness (QED) is 0.690. The molecular formula is C18H14F3N3. The van der Waals surface area contributed by atoms with Gasteiger partial charge in [0, 0.05) is 6.54 Å². The highest BCUT2D eigenvalue weighted by Gasteiger charge is 2.37. The van der Waals surface area contributed by atoms with Crippen molar-refractivity contribution in [2.45, 2.75) is 26.6 Å². The lowest BCUT2D eigenvalue weighted by Crippen LogP contribution is -2.15. The van der Waals surface area contributed by atoms with E-state index >= 15 is 0 Å². The van der Waals surface area contributed by atoms with Gasteiger partial charge < -0.3 is 4.57 Å².